The van der Waals surface area contributed by atoms with Gasteiger partial charge in [-0.2, -0.15) is 0 Å². The van der Waals surface area contributed by atoms with Crippen molar-refractivity contribution < 1.29 is 9.59 Å². The molecule has 0 saturated carbocycles. The van der Waals surface area contributed by atoms with Gasteiger partial charge in [0.25, 0.3) is 11.8 Å². The molecule has 6 heteroatoms. The molecule has 4 nitrogen and oxygen atoms in total. The fraction of sp³-hybridized carbons (Fsp3) is 0.571. The van der Waals surface area contributed by atoms with Gasteiger partial charge in [0.2, 0.25) is 0 Å². The molecule has 2 aliphatic heterocycles. The monoisotopic (exact) mass is 780 g/mol. The van der Waals surface area contributed by atoms with Gasteiger partial charge in [0.1, 0.15) is 0 Å². The van der Waals surface area contributed by atoms with E-state index in [9.17, 15) is 9.59 Å². The molecule has 2 aromatic rings. The molecule has 4 rings (SSSR count). The second-order valence-corrected chi connectivity index (χ2v) is 15.4. The Kier molecular flexibility index (Phi) is 17.0. The fourth-order valence-electron chi connectivity index (χ4n) is 7.20. The lowest BCUT2D eigenvalue weighted by Gasteiger charge is -2.26. The van der Waals surface area contributed by atoms with Crippen molar-refractivity contribution in [1.82, 2.24) is 9.80 Å². The first-order valence-electron chi connectivity index (χ1n) is 19.1. The highest BCUT2D eigenvalue weighted by Crippen LogP contribution is 2.48. The maximum Gasteiger partial charge on any atom is 0.261 e. The van der Waals surface area contributed by atoms with E-state index in [1.165, 1.54) is 103 Å². The van der Waals surface area contributed by atoms with Crippen molar-refractivity contribution in [1.29, 1.82) is 0 Å². The van der Waals surface area contributed by atoms with Crippen LogP contribution in [0.25, 0.3) is 11.4 Å². The van der Waals surface area contributed by atoms with Gasteiger partial charge >= 0.3 is 0 Å². The summed E-state index contributed by atoms with van der Waals surface area (Å²) in [6, 6.07) is 16.0. The summed E-state index contributed by atoms with van der Waals surface area (Å²) in [7, 11) is 0. The topological polar surface area (TPSA) is 40.6 Å². The Morgan fingerprint density at radius 2 is 0.729 bits per heavy atom. The summed E-state index contributed by atoms with van der Waals surface area (Å²) in [6.07, 6.45) is 24.8. The van der Waals surface area contributed by atoms with Gasteiger partial charge in [0.15, 0.2) is 0 Å². The number of rotatable bonds is 24. The summed E-state index contributed by atoms with van der Waals surface area (Å²) < 4.78 is 1.80. The molecule has 48 heavy (non-hydrogen) atoms. The zero-order valence-electron chi connectivity index (χ0n) is 29.6. The Balaban J connectivity index is 1.51. The molecule has 2 aliphatic rings. The summed E-state index contributed by atoms with van der Waals surface area (Å²) in [6.45, 7) is 5.76. The number of benzene rings is 2. The summed E-state index contributed by atoms with van der Waals surface area (Å²) in [4.78, 5) is 32.8. The van der Waals surface area contributed by atoms with Crippen LogP contribution in [0.1, 0.15) is 153 Å². The predicted molar refractivity (Wildman–Crippen MR) is 209 cm³/mol. The standard InChI is InChI=1S/C42H58Br2N2O2/c1-3-5-7-9-11-13-15-17-19-25-31-45-39(33-27-21-23-29-35(33)43)37-38(41(45)47)40(34-28-22-24-30-36(34)44)46(42(37)48)32-26-20-18-16-14-12-10-8-6-4-2/h21-24,27-30H,3-20,25-26,31-32H2,1-2H3. The molecule has 0 saturated heterocycles. The Hall–Kier alpha value is -2.18. The summed E-state index contributed by atoms with van der Waals surface area (Å²) >= 11 is 7.52. The van der Waals surface area contributed by atoms with Gasteiger partial charge in [-0.1, -0.05) is 198 Å². The second kappa shape index (κ2) is 21.1. The van der Waals surface area contributed by atoms with Crippen LogP contribution in [0, 0.1) is 0 Å². The van der Waals surface area contributed by atoms with Crippen LogP contribution in [0.3, 0.4) is 0 Å². The van der Waals surface area contributed by atoms with Gasteiger partial charge in [-0.3, -0.25) is 9.59 Å². The second-order valence-electron chi connectivity index (χ2n) is 13.7. The van der Waals surface area contributed by atoms with Crippen molar-refractivity contribution in [2.24, 2.45) is 0 Å². The molecular weight excluding hydrogens is 724 g/mol. The van der Waals surface area contributed by atoms with Crippen molar-refractivity contribution in [2.75, 3.05) is 13.1 Å². The smallest absolute Gasteiger partial charge is 0.261 e. The fourth-order valence-corrected chi connectivity index (χ4v) is 8.15. The molecule has 0 atom stereocenters. The summed E-state index contributed by atoms with van der Waals surface area (Å²) in [5.41, 5.74) is 4.47. The lowest BCUT2D eigenvalue weighted by molar-refractivity contribution is -0.124. The SMILES string of the molecule is CCCCCCCCCCCCN1C(=O)C2=C(c3ccccc3Br)N(CCCCCCCCCCCC)C(=O)C2=C1c1ccccc1Br. The van der Waals surface area contributed by atoms with Crippen molar-refractivity contribution >= 4 is 55.1 Å². The lowest BCUT2D eigenvalue weighted by Crippen LogP contribution is -2.31. The minimum absolute atomic E-state index is 0.0450. The Morgan fingerprint density at radius 3 is 1.04 bits per heavy atom. The summed E-state index contributed by atoms with van der Waals surface area (Å²) in [5, 5.41) is 0. The molecule has 0 N–H and O–H groups in total. The molecule has 0 bridgehead atoms. The van der Waals surface area contributed by atoms with Gasteiger partial charge in [-0.25, -0.2) is 0 Å². The first-order valence-corrected chi connectivity index (χ1v) is 20.7. The maximum atomic E-state index is 14.5. The molecule has 0 unspecified atom stereocenters. The third-order valence-electron chi connectivity index (χ3n) is 9.91. The van der Waals surface area contributed by atoms with Crippen LogP contribution in [0.4, 0.5) is 0 Å². The number of amides is 2. The van der Waals surface area contributed by atoms with E-state index in [2.05, 4.69) is 45.7 Å². The Labute approximate surface area is 308 Å². The number of carbonyl (C=O) groups excluding carboxylic acids is 2. The van der Waals surface area contributed by atoms with Gasteiger partial charge in [0.05, 0.1) is 22.5 Å². The molecule has 0 aromatic heterocycles. The lowest BCUT2D eigenvalue weighted by atomic mass is 10.0. The van der Waals surface area contributed by atoms with E-state index < -0.39 is 0 Å². The van der Waals surface area contributed by atoms with Crippen LogP contribution < -0.4 is 0 Å². The van der Waals surface area contributed by atoms with Gasteiger partial charge < -0.3 is 9.80 Å². The molecule has 0 aliphatic carbocycles. The van der Waals surface area contributed by atoms with Crippen LogP contribution >= 0.6 is 31.9 Å². The van der Waals surface area contributed by atoms with Crippen molar-refractivity contribution in [2.45, 2.75) is 142 Å². The molecule has 2 amide bonds. The largest absolute Gasteiger partial charge is 0.307 e. The number of carbonyl (C=O) groups is 2. The van der Waals surface area contributed by atoms with Gasteiger partial charge in [-0.15, -0.1) is 0 Å². The highest BCUT2D eigenvalue weighted by molar-refractivity contribution is 9.10. The minimum atomic E-state index is -0.0450. The molecule has 2 aromatic carbocycles. The van der Waals surface area contributed by atoms with Crippen molar-refractivity contribution in [3.8, 4) is 0 Å². The van der Waals surface area contributed by atoms with Crippen LogP contribution in [0.2, 0.25) is 0 Å². The van der Waals surface area contributed by atoms with E-state index >= 15 is 0 Å². The summed E-state index contributed by atoms with van der Waals surface area (Å²) in [5.74, 6) is -0.0901. The molecule has 0 fully saturated rings. The predicted octanol–water partition coefficient (Wildman–Crippen LogP) is 12.9. The van der Waals surface area contributed by atoms with E-state index in [-0.39, 0.29) is 11.8 Å². The Bertz CT molecular complexity index is 1290. The molecule has 0 spiro atoms. The van der Waals surface area contributed by atoms with Crippen molar-refractivity contribution in [3.05, 3.63) is 79.7 Å². The van der Waals surface area contributed by atoms with E-state index in [4.69, 9.17) is 0 Å². The minimum Gasteiger partial charge on any atom is -0.307 e. The van der Waals surface area contributed by atoms with E-state index in [0.717, 1.165) is 57.1 Å². The van der Waals surface area contributed by atoms with Crippen LogP contribution in [0.5, 0.6) is 0 Å². The van der Waals surface area contributed by atoms with Gasteiger partial charge in [0, 0.05) is 33.2 Å². The van der Waals surface area contributed by atoms with Crippen LogP contribution in [0.15, 0.2) is 68.6 Å². The number of fused-ring (bicyclic) bond motifs is 1. The third kappa shape index (κ3) is 10.4. The van der Waals surface area contributed by atoms with E-state index in [1.54, 1.807) is 0 Å². The number of nitrogens with zero attached hydrogens (tertiary/aromatic N) is 2. The van der Waals surface area contributed by atoms with E-state index in [0.29, 0.717) is 24.2 Å². The first kappa shape index (κ1) is 38.6. The molecule has 262 valence electrons. The quantitative estimate of drug-likeness (QED) is 0.0995. The Morgan fingerprint density at radius 1 is 0.438 bits per heavy atom. The number of unbranched alkanes of at least 4 members (excludes halogenated alkanes) is 18. The number of hydrogen-bond acceptors (Lipinski definition) is 2. The molecular formula is C42H58Br2N2O2. The van der Waals surface area contributed by atoms with E-state index in [1.807, 2.05) is 58.3 Å². The highest BCUT2D eigenvalue weighted by atomic mass is 79.9. The maximum absolute atomic E-state index is 14.5. The molecule has 2 heterocycles. The third-order valence-corrected chi connectivity index (χ3v) is 11.3. The van der Waals surface area contributed by atoms with Crippen molar-refractivity contribution in [3.63, 3.8) is 0 Å². The molecule has 0 radical (unpaired) electrons. The zero-order chi connectivity index (χ0) is 34.1. The normalized spacial score (nSPS) is 14.7. The number of halogens is 2. The average molecular weight is 783 g/mol. The van der Waals surface area contributed by atoms with Crippen LogP contribution in [-0.4, -0.2) is 34.7 Å². The number of hydrogen-bond donors (Lipinski definition) is 0. The zero-order valence-corrected chi connectivity index (χ0v) is 32.8. The van der Waals surface area contributed by atoms with Gasteiger partial charge in [-0.05, 0) is 25.0 Å². The first-order chi connectivity index (χ1) is 23.5. The average Bonchev–Trinajstić information content (AvgIpc) is 3.53. The highest BCUT2D eigenvalue weighted by Gasteiger charge is 2.49. The van der Waals surface area contributed by atoms with Crippen LogP contribution in [-0.2, 0) is 9.59 Å².